The fourth-order valence-electron chi connectivity index (χ4n) is 1.85. The van der Waals surface area contributed by atoms with E-state index in [-0.39, 0.29) is 5.91 Å². The van der Waals surface area contributed by atoms with Crippen LogP contribution in [-0.4, -0.2) is 21.1 Å². The molecule has 6 nitrogen and oxygen atoms in total. The van der Waals surface area contributed by atoms with Crippen molar-refractivity contribution < 1.29 is 9.21 Å². The number of hydrogen-bond donors (Lipinski definition) is 2. The Morgan fingerprint density at radius 3 is 3.00 bits per heavy atom. The van der Waals surface area contributed by atoms with Crippen LogP contribution in [0.25, 0.3) is 22.6 Å². The minimum absolute atomic E-state index is 0.177. The van der Waals surface area contributed by atoms with E-state index >= 15 is 0 Å². The van der Waals surface area contributed by atoms with Gasteiger partial charge in [-0.2, -0.15) is 5.10 Å². The molecule has 3 rings (SSSR count). The number of nitrogens with one attached hydrogen (secondary N) is 2. The highest BCUT2D eigenvalue weighted by Crippen LogP contribution is 2.37. The quantitative estimate of drug-likeness (QED) is 0.760. The van der Waals surface area contributed by atoms with Crippen LogP contribution < -0.4 is 5.32 Å². The SMILES string of the molecule is CC(=O)Nc1c(-c2ncn[nH]2)oc2ccc(Br)cc12. The Bertz CT molecular complexity index is 749. The fourth-order valence-corrected chi connectivity index (χ4v) is 2.21. The van der Waals surface area contributed by atoms with Crippen LogP contribution in [0, 0.1) is 0 Å². The number of anilines is 1. The lowest BCUT2D eigenvalue weighted by atomic mass is 10.2. The lowest BCUT2D eigenvalue weighted by Gasteiger charge is -2.01. The summed E-state index contributed by atoms with van der Waals surface area (Å²) in [6.07, 6.45) is 1.38. The van der Waals surface area contributed by atoms with Gasteiger partial charge in [0, 0.05) is 16.8 Å². The third kappa shape index (κ3) is 2.12. The van der Waals surface area contributed by atoms with Gasteiger partial charge in [-0.25, -0.2) is 4.98 Å². The number of aromatic amines is 1. The van der Waals surface area contributed by atoms with Crippen molar-refractivity contribution in [2.24, 2.45) is 0 Å². The van der Waals surface area contributed by atoms with E-state index in [9.17, 15) is 4.79 Å². The molecule has 0 unspecified atom stereocenters. The number of H-pyrrole nitrogens is 1. The summed E-state index contributed by atoms with van der Waals surface area (Å²) < 4.78 is 6.63. The molecule has 1 amide bonds. The lowest BCUT2D eigenvalue weighted by molar-refractivity contribution is -0.114. The molecule has 96 valence electrons. The van der Waals surface area contributed by atoms with Gasteiger partial charge in [0.2, 0.25) is 5.91 Å². The summed E-state index contributed by atoms with van der Waals surface area (Å²) in [5.74, 6) is 0.750. The second kappa shape index (κ2) is 4.51. The Labute approximate surface area is 116 Å². The molecule has 19 heavy (non-hydrogen) atoms. The van der Waals surface area contributed by atoms with Crippen LogP contribution >= 0.6 is 15.9 Å². The number of nitrogens with zero attached hydrogens (tertiary/aromatic N) is 2. The molecule has 2 aromatic heterocycles. The third-order valence-corrected chi connectivity index (χ3v) is 3.07. The Morgan fingerprint density at radius 2 is 2.32 bits per heavy atom. The number of hydrogen-bond acceptors (Lipinski definition) is 4. The first kappa shape index (κ1) is 11.9. The van der Waals surface area contributed by atoms with Crippen molar-refractivity contribution >= 4 is 38.5 Å². The Hall–Kier alpha value is -2.15. The van der Waals surface area contributed by atoms with E-state index in [0.29, 0.717) is 22.9 Å². The molecular formula is C12H9BrN4O2. The molecule has 0 saturated carbocycles. The molecule has 3 aromatic rings. The predicted octanol–water partition coefficient (Wildman–Crippen LogP) is 2.94. The summed E-state index contributed by atoms with van der Waals surface area (Å²) in [5.41, 5.74) is 1.25. The highest BCUT2D eigenvalue weighted by Gasteiger charge is 2.19. The van der Waals surface area contributed by atoms with Crippen molar-refractivity contribution in [1.82, 2.24) is 15.2 Å². The van der Waals surface area contributed by atoms with Gasteiger partial charge in [0.05, 0.1) is 5.69 Å². The number of carbonyl (C=O) groups excluding carboxylic acids is 1. The van der Waals surface area contributed by atoms with Crippen LogP contribution in [-0.2, 0) is 4.79 Å². The summed E-state index contributed by atoms with van der Waals surface area (Å²) in [5, 5.41) is 10.1. The standard InChI is InChI=1S/C12H9BrN4O2/c1-6(18)16-10-8-4-7(13)2-3-9(8)19-11(10)12-14-5-15-17-12/h2-5H,1H3,(H,16,18)(H,14,15,17). The first-order valence-corrected chi connectivity index (χ1v) is 6.30. The van der Waals surface area contributed by atoms with E-state index in [2.05, 4.69) is 36.4 Å². The van der Waals surface area contributed by atoms with Gasteiger partial charge in [-0.05, 0) is 18.2 Å². The van der Waals surface area contributed by atoms with Gasteiger partial charge in [-0.15, -0.1) is 0 Å². The number of rotatable bonds is 2. The summed E-state index contributed by atoms with van der Waals surface area (Å²) in [4.78, 5) is 15.4. The van der Waals surface area contributed by atoms with Crippen molar-refractivity contribution in [2.75, 3.05) is 5.32 Å². The Kier molecular flexibility index (Phi) is 2.83. The zero-order valence-electron chi connectivity index (χ0n) is 9.90. The highest BCUT2D eigenvalue weighted by atomic mass is 79.9. The number of fused-ring (bicyclic) bond motifs is 1. The molecule has 0 spiro atoms. The predicted molar refractivity (Wildman–Crippen MR) is 73.6 cm³/mol. The zero-order chi connectivity index (χ0) is 13.4. The van der Waals surface area contributed by atoms with Gasteiger partial charge in [-0.3, -0.25) is 9.89 Å². The van der Waals surface area contributed by atoms with Crippen molar-refractivity contribution in [2.45, 2.75) is 6.92 Å². The first-order chi connectivity index (χ1) is 9.15. The van der Waals surface area contributed by atoms with Gasteiger partial charge in [0.25, 0.3) is 0 Å². The molecule has 0 bridgehead atoms. The number of halogens is 1. The molecule has 7 heteroatoms. The van der Waals surface area contributed by atoms with Gasteiger partial charge in [0.15, 0.2) is 11.6 Å². The van der Waals surface area contributed by atoms with E-state index in [1.807, 2.05) is 18.2 Å². The lowest BCUT2D eigenvalue weighted by Crippen LogP contribution is -2.06. The van der Waals surface area contributed by atoms with Gasteiger partial charge >= 0.3 is 0 Å². The number of aromatic nitrogens is 3. The van der Waals surface area contributed by atoms with Gasteiger partial charge < -0.3 is 9.73 Å². The molecule has 0 aliphatic carbocycles. The smallest absolute Gasteiger partial charge is 0.221 e. The van der Waals surface area contributed by atoms with E-state index < -0.39 is 0 Å². The molecule has 0 aliphatic heterocycles. The number of furan rings is 1. The van der Waals surface area contributed by atoms with Gasteiger partial charge in [0.1, 0.15) is 11.9 Å². The normalized spacial score (nSPS) is 10.8. The summed E-state index contributed by atoms with van der Waals surface area (Å²) in [6.45, 7) is 1.45. The summed E-state index contributed by atoms with van der Waals surface area (Å²) in [7, 11) is 0. The fraction of sp³-hybridized carbons (Fsp3) is 0.0833. The number of benzene rings is 1. The third-order valence-electron chi connectivity index (χ3n) is 2.58. The topological polar surface area (TPSA) is 83.8 Å². The van der Waals surface area contributed by atoms with E-state index in [1.54, 1.807) is 0 Å². The largest absolute Gasteiger partial charge is 0.450 e. The van der Waals surface area contributed by atoms with Crippen LogP contribution in [0.2, 0.25) is 0 Å². The van der Waals surface area contributed by atoms with E-state index in [4.69, 9.17) is 4.42 Å². The maximum absolute atomic E-state index is 11.4. The van der Waals surface area contributed by atoms with Crippen molar-refractivity contribution in [3.63, 3.8) is 0 Å². The monoisotopic (exact) mass is 320 g/mol. The molecule has 0 aliphatic rings. The van der Waals surface area contributed by atoms with Crippen LogP contribution in [0.3, 0.4) is 0 Å². The summed E-state index contributed by atoms with van der Waals surface area (Å²) in [6, 6.07) is 5.57. The van der Waals surface area contributed by atoms with Crippen molar-refractivity contribution in [1.29, 1.82) is 0 Å². The second-order valence-electron chi connectivity index (χ2n) is 3.96. The molecule has 0 fully saturated rings. The molecule has 0 radical (unpaired) electrons. The minimum Gasteiger partial charge on any atom is -0.450 e. The molecule has 2 heterocycles. The molecule has 0 saturated heterocycles. The van der Waals surface area contributed by atoms with Crippen molar-refractivity contribution in [3.05, 3.63) is 29.0 Å². The van der Waals surface area contributed by atoms with Crippen LogP contribution in [0.1, 0.15) is 6.92 Å². The number of carbonyl (C=O) groups is 1. The van der Waals surface area contributed by atoms with Gasteiger partial charge in [-0.1, -0.05) is 15.9 Å². The number of amides is 1. The van der Waals surface area contributed by atoms with E-state index in [1.165, 1.54) is 13.3 Å². The van der Waals surface area contributed by atoms with Crippen LogP contribution in [0.15, 0.2) is 33.4 Å². The molecule has 1 aromatic carbocycles. The minimum atomic E-state index is -0.177. The van der Waals surface area contributed by atoms with Crippen molar-refractivity contribution in [3.8, 4) is 11.6 Å². The Morgan fingerprint density at radius 1 is 1.47 bits per heavy atom. The molecule has 0 atom stereocenters. The van der Waals surface area contributed by atoms with E-state index in [0.717, 1.165) is 9.86 Å². The van der Waals surface area contributed by atoms with Crippen LogP contribution in [0.4, 0.5) is 5.69 Å². The first-order valence-electron chi connectivity index (χ1n) is 5.50. The maximum atomic E-state index is 11.4. The summed E-state index contributed by atoms with van der Waals surface area (Å²) >= 11 is 3.40. The highest BCUT2D eigenvalue weighted by molar-refractivity contribution is 9.10. The maximum Gasteiger partial charge on any atom is 0.221 e. The molecule has 2 N–H and O–H groups in total. The Balaban J connectivity index is 2.28. The zero-order valence-corrected chi connectivity index (χ0v) is 11.5. The second-order valence-corrected chi connectivity index (χ2v) is 4.88. The molecular weight excluding hydrogens is 312 g/mol. The van der Waals surface area contributed by atoms with Crippen LogP contribution in [0.5, 0.6) is 0 Å². The average molecular weight is 321 g/mol. The average Bonchev–Trinajstić information content (AvgIpc) is 2.97.